The van der Waals surface area contributed by atoms with Gasteiger partial charge in [0.25, 0.3) is 0 Å². The molecule has 0 aliphatic carbocycles. The number of alkyl halides is 1. The monoisotopic (exact) mass is 303 g/mol. The van der Waals surface area contributed by atoms with Crippen molar-refractivity contribution in [2.24, 2.45) is 0 Å². The van der Waals surface area contributed by atoms with Gasteiger partial charge in [-0.15, -0.1) is 11.6 Å². The number of hydrogen-bond acceptors (Lipinski definition) is 3. The largest absolute Gasteiger partial charge is 0.493 e. The number of ether oxygens (including phenoxy) is 2. The summed E-state index contributed by atoms with van der Waals surface area (Å²) >= 11 is 6.55. The molecule has 2 aromatic rings. The van der Waals surface area contributed by atoms with Crippen LogP contribution in [0.1, 0.15) is 11.1 Å². The molecule has 110 valence electrons. The Bertz CT molecular complexity index is 603. The predicted octanol–water partition coefficient (Wildman–Crippen LogP) is 3.65. The van der Waals surface area contributed by atoms with Crippen molar-refractivity contribution < 1.29 is 9.47 Å². The van der Waals surface area contributed by atoms with Crippen LogP contribution in [-0.4, -0.2) is 24.2 Å². The summed E-state index contributed by atoms with van der Waals surface area (Å²) in [5.41, 5.74) is 2.25. The zero-order chi connectivity index (χ0) is 14.7. The van der Waals surface area contributed by atoms with E-state index < -0.39 is 0 Å². The van der Waals surface area contributed by atoms with Crippen LogP contribution >= 0.6 is 11.6 Å². The Kier molecular flexibility index (Phi) is 4.32. The molecular formula is C17H18ClNO2. The van der Waals surface area contributed by atoms with Gasteiger partial charge in [0, 0.05) is 18.5 Å². The van der Waals surface area contributed by atoms with Crippen LogP contribution in [-0.2, 0) is 13.0 Å². The van der Waals surface area contributed by atoms with Gasteiger partial charge < -0.3 is 9.47 Å². The molecule has 1 atom stereocenters. The Morgan fingerprint density at radius 2 is 2.00 bits per heavy atom. The lowest BCUT2D eigenvalue weighted by Crippen LogP contribution is -2.38. The lowest BCUT2D eigenvalue weighted by atomic mass is 10.1. The first-order chi connectivity index (χ1) is 10.3. The second kappa shape index (κ2) is 6.37. The zero-order valence-corrected chi connectivity index (χ0v) is 12.7. The average Bonchev–Trinajstić information content (AvgIpc) is 2.54. The number of hydrogen-bond donors (Lipinski definition) is 0. The summed E-state index contributed by atoms with van der Waals surface area (Å²) < 4.78 is 11.2. The number of para-hydroxylation sites is 1. The normalized spacial score (nSPS) is 15.9. The lowest BCUT2D eigenvalue weighted by molar-refractivity contribution is 0.0798. The molecule has 2 aromatic carbocycles. The highest BCUT2D eigenvalue weighted by Crippen LogP contribution is 2.35. The van der Waals surface area contributed by atoms with Gasteiger partial charge in [0.1, 0.15) is 6.73 Å². The van der Waals surface area contributed by atoms with E-state index in [4.69, 9.17) is 21.1 Å². The van der Waals surface area contributed by atoms with Gasteiger partial charge in [0.15, 0.2) is 11.5 Å². The Balaban J connectivity index is 1.71. The first-order valence-electron chi connectivity index (χ1n) is 6.98. The molecule has 1 aliphatic heterocycles. The van der Waals surface area contributed by atoms with Gasteiger partial charge in [-0.25, -0.2) is 4.90 Å². The van der Waals surface area contributed by atoms with Gasteiger partial charge in [-0.05, 0) is 11.6 Å². The number of rotatable bonds is 4. The Morgan fingerprint density at radius 3 is 2.76 bits per heavy atom. The molecule has 0 saturated heterocycles. The molecule has 0 spiro atoms. The van der Waals surface area contributed by atoms with Gasteiger partial charge in [0.2, 0.25) is 0 Å². The summed E-state index contributed by atoms with van der Waals surface area (Å²) in [6.07, 6.45) is 0.797. The van der Waals surface area contributed by atoms with E-state index in [9.17, 15) is 0 Å². The van der Waals surface area contributed by atoms with Crippen molar-refractivity contribution in [1.29, 1.82) is 0 Å². The van der Waals surface area contributed by atoms with Crippen LogP contribution in [0, 0.1) is 0 Å². The van der Waals surface area contributed by atoms with E-state index in [0.717, 1.165) is 30.0 Å². The minimum atomic E-state index is -0.0910. The highest BCUT2D eigenvalue weighted by molar-refractivity contribution is 6.20. The third kappa shape index (κ3) is 3.14. The third-order valence-corrected chi connectivity index (χ3v) is 4.10. The second-order valence-corrected chi connectivity index (χ2v) is 5.60. The lowest BCUT2D eigenvalue weighted by Gasteiger charge is -2.32. The van der Waals surface area contributed by atoms with Gasteiger partial charge in [-0.1, -0.05) is 42.5 Å². The molecule has 1 heterocycles. The van der Waals surface area contributed by atoms with Crippen molar-refractivity contribution in [3.63, 3.8) is 0 Å². The molecule has 0 radical (unpaired) electrons. The van der Waals surface area contributed by atoms with Gasteiger partial charge in [-0.3, -0.25) is 0 Å². The predicted molar refractivity (Wildman–Crippen MR) is 83.8 cm³/mol. The topological polar surface area (TPSA) is 21.7 Å². The van der Waals surface area contributed by atoms with Gasteiger partial charge in [0.05, 0.1) is 12.6 Å². The smallest absolute Gasteiger partial charge is 0.167 e. The standard InChI is InChI=1S/C17H18ClNO2/c1-20-15-9-5-8-14-11-19(12-21-17(14)15)16(18)10-13-6-3-2-4-7-13/h2-9,16H,10-12H2,1H3. The molecule has 0 amide bonds. The minimum Gasteiger partial charge on any atom is -0.493 e. The minimum absolute atomic E-state index is 0.0910. The maximum atomic E-state index is 6.55. The first-order valence-corrected chi connectivity index (χ1v) is 7.42. The fourth-order valence-corrected chi connectivity index (χ4v) is 2.84. The molecule has 0 saturated carbocycles. The van der Waals surface area contributed by atoms with Crippen LogP contribution in [0.15, 0.2) is 48.5 Å². The maximum absolute atomic E-state index is 6.55. The van der Waals surface area contributed by atoms with Crippen molar-refractivity contribution in [3.05, 3.63) is 59.7 Å². The molecule has 0 N–H and O–H groups in total. The Labute approximate surface area is 130 Å². The number of fused-ring (bicyclic) bond motifs is 1. The van der Waals surface area contributed by atoms with E-state index in [1.54, 1.807) is 7.11 Å². The van der Waals surface area contributed by atoms with Crippen molar-refractivity contribution in [3.8, 4) is 11.5 Å². The summed E-state index contributed by atoms with van der Waals surface area (Å²) in [5.74, 6) is 1.61. The van der Waals surface area contributed by atoms with Crippen molar-refractivity contribution >= 4 is 11.6 Å². The van der Waals surface area contributed by atoms with Crippen LogP contribution in [0.5, 0.6) is 11.5 Å². The quantitative estimate of drug-likeness (QED) is 0.635. The van der Waals surface area contributed by atoms with Crippen LogP contribution in [0.25, 0.3) is 0 Å². The summed E-state index contributed by atoms with van der Waals surface area (Å²) in [6, 6.07) is 16.2. The highest BCUT2D eigenvalue weighted by Gasteiger charge is 2.25. The van der Waals surface area contributed by atoms with E-state index in [1.807, 2.05) is 30.3 Å². The number of nitrogens with zero attached hydrogens (tertiary/aromatic N) is 1. The average molecular weight is 304 g/mol. The highest BCUT2D eigenvalue weighted by atomic mass is 35.5. The molecule has 0 fully saturated rings. The van der Waals surface area contributed by atoms with Crippen molar-refractivity contribution in [2.45, 2.75) is 18.5 Å². The number of methoxy groups -OCH3 is 1. The van der Waals surface area contributed by atoms with Gasteiger partial charge >= 0.3 is 0 Å². The molecule has 0 aromatic heterocycles. The molecule has 1 unspecified atom stereocenters. The molecule has 21 heavy (non-hydrogen) atoms. The van der Waals surface area contributed by atoms with E-state index in [0.29, 0.717) is 6.73 Å². The molecule has 3 rings (SSSR count). The Morgan fingerprint density at radius 1 is 1.19 bits per heavy atom. The second-order valence-electron chi connectivity index (χ2n) is 5.09. The Hall–Kier alpha value is -1.71. The molecular weight excluding hydrogens is 286 g/mol. The first kappa shape index (κ1) is 14.2. The summed E-state index contributed by atoms with van der Waals surface area (Å²) in [6.45, 7) is 1.25. The van der Waals surface area contributed by atoms with E-state index in [-0.39, 0.29) is 5.50 Å². The SMILES string of the molecule is COc1cccc2c1OCN(C(Cl)Cc1ccccc1)C2. The van der Waals surface area contributed by atoms with Crippen LogP contribution in [0.3, 0.4) is 0 Å². The van der Waals surface area contributed by atoms with Gasteiger partial charge in [-0.2, -0.15) is 0 Å². The summed E-state index contributed by atoms with van der Waals surface area (Å²) in [5, 5.41) is 0. The van der Waals surface area contributed by atoms with E-state index in [2.05, 4.69) is 23.1 Å². The van der Waals surface area contributed by atoms with E-state index >= 15 is 0 Å². The van der Waals surface area contributed by atoms with Crippen molar-refractivity contribution in [2.75, 3.05) is 13.8 Å². The fourth-order valence-electron chi connectivity index (χ4n) is 2.54. The zero-order valence-electron chi connectivity index (χ0n) is 12.0. The summed E-state index contributed by atoms with van der Waals surface area (Å²) in [4.78, 5) is 2.12. The number of halogens is 1. The van der Waals surface area contributed by atoms with Crippen molar-refractivity contribution in [1.82, 2.24) is 4.90 Å². The fraction of sp³-hybridized carbons (Fsp3) is 0.294. The van der Waals surface area contributed by atoms with E-state index in [1.165, 1.54) is 5.56 Å². The summed E-state index contributed by atoms with van der Waals surface area (Å²) in [7, 11) is 1.66. The van der Waals surface area contributed by atoms with Crippen LogP contribution < -0.4 is 9.47 Å². The molecule has 4 heteroatoms. The number of benzene rings is 2. The molecule has 1 aliphatic rings. The third-order valence-electron chi connectivity index (χ3n) is 3.67. The maximum Gasteiger partial charge on any atom is 0.167 e. The van der Waals surface area contributed by atoms with Crippen LogP contribution in [0.2, 0.25) is 0 Å². The molecule has 3 nitrogen and oxygen atoms in total. The van der Waals surface area contributed by atoms with Crippen LogP contribution in [0.4, 0.5) is 0 Å². The molecule has 0 bridgehead atoms.